The van der Waals surface area contributed by atoms with E-state index in [1.807, 2.05) is 6.92 Å². The van der Waals surface area contributed by atoms with Gasteiger partial charge in [-0.3, -0.25) is 4.79 Å². The molecule has 22 heavy (non-hydrogen) atoms. The number of carbonyl (C=O) groups excluding carboxylic acids is 1. The van der Waals surface area contributed by atoms with Gasteiger partial charge in [-0.25, -0.2) is 0 Å². The molecule has 1 heterocycles. The molecule has 1 aromatic rings. The Balaban J connectivity index is 2.03. The molecule has 0 radical (unpaired) electrons. The highest BCUT2D eigenvalue weighted by Gasteiger charge is 2.45. The van der Waals surface area contributed by atoms with Gasteiger partial charge in [-0.2, -0.15) is 0 Å². The van der Waals surface area contributed by atoms with E-state index in [0.717, 1.165) is 6.42 Å². The predicted molar refractivity (Wildman–Crippen MR) is 86.0 cm³/mol. The van der Waals surface area contributed by atoms with Crippen LogP contribution in [0.15, 0.2) is 18.2 Å². The summed E-state index contributed by atoms with van der Waals surface area (Å²) >= 11 is 0. The Morgan fingerprint density at radius 3 is 2.82 bits per heavy atom. The summed E-state index contributed by atoms with van der Waals surface area (Å²) in [5.41, 5.74) is 4.30. The summed E-state index contributed by atoms with van der Waals surface area (Å²) in [5.74, 6) is -0.177. The zero-order valence-corrected chi connectivity index (χ0v) is 14.1. The van der Waals surface area contributed by atoms with Crippen molar-refractivity contribution in [3.8, 4) is 0 Å². The molecule has 0 bridgehead atoms. The van der Waals surface area contributed by atoms with Crippen LogP contribution in [-0.2, 0) is 25.1 Å². The standard InChI is InChI=1S/C19H26O3/c1-5-21-16(20)11-15-13-7-6-8-14-17(13)19(4,12-22-15)10-9-18(14,2)3/h6-8,15H,5,9-12H2,1-4H3/t15-,19+/m0/s1. The number of hydrogen-bond donors (Lipinski definition) is 0. The lowest BCUT2D eigenvalue weighted by molar-refractivity contribution is -0.147. The van der Waals surface area contributed by atoms with Crippen molar-refractivity contribution in [3.05, 3.63) is 34.9 Å². The number of esters is 1. The van der Waals surface area contributed by atoms with E-state index in [-0.39, 0.29) is 22.9 Å². The smallest absolute Gasteiger partial charge is 0.308 e. The maximum Gasteiger partial charge on any atom is 0.308 e. The van der Waals surface area contributed by atoms with Crippen molar-refractivity contribution in [2.75, 3.05) is 13.2 Å². The zero-order chi connectivity index (χ0) is 16.0. The summed E-state index contributed by atoms with van der Waals surface area (Å²) in [4.78, 5) is 11.9. The number of hydrogen-bond acceptors (Lipinski definition) is 3. The minimum absolute atomic E-state index is 0.0760. The van der Waals surface area contributed by atoms with Gasteiger partial charge >= 0.3 is 5.97 Å². The highest BCUT2D eigenvalue weighted by molar-refractivity contribution is 5.70. The van der Waals surface area contributed by atoms with Gasteiger partial charge in [0.15, 0.2) is 0 Å². The Bertz CT molecular complexity index is 590. The molecule has 1 aromatic carbocycles. The molecule has 0 amide bonds. The molecule has 0 saturated carbocycles. The number of ether oxygens (including phenoxy) is 2. The molecule has 1 aliphatic heterocycles. The van der Waals surface area contributed by atoms with Crippen molar-refractivity contribution in [2.45, 2.75) is 63.9 Å². The second-order valence-electron chi connectivity index (χ2n) is 7.52. The third-order valence-electron chi connectivity index (χ3n) is 5.34. The molecule has 0 aromatic heterocycles. The van der Waals surface area contributed by atoms with Crippen LogP contribution in [0.4, 0.5) is 0 Å². The largest absolute Gasteiger partial charge is 0.466 e. The first-order valence-corrected chi connectivity index (χ1v) is 8.28. The Kier molecular flexibility index (Phi) is 3.80. The summed E-state index contributed by atoms with van der Waals surface area (Å²) in [5, 5.41) is 0. The molecule has 0 saturated heterocycles. The van der Waals surface area contributed by atoms with Gasteiger partial charge < -0.3 is 9.47 Å². The normalized spacial score (nSPS) is 28.8. The van der Waals surface area contributed by atoms with Crippen molar-refractivity contribution in [2.24, 2.45) is 0 Å². The first-order valence-electron chi connectivity index (χ1n) is 8.28. The van der Waals surface area contributed by atoms with E-state index < -0.39 is 0 Å². The van der Waals surface area contributed by atoms with Crippen LogP contribution in [0.5, 0.6) is 0 Å². The second-order valence-corrected chi connectivity index (χ2v) is 7.52. The summed E-state index contributed by atoms with van der Waals surface area (Å²) < 4.78 is 11.2. The van der Waals surface area contributed by atoms with Crippen molar-refractivity contribution >= 4 is 5.97 Å². The Labute approximate surface area is 133 Å². The third-order valence-corrected chi connectivity index (χ3v) is 5.34. The maximum absolute atomic E-state index is 11.9. The van der Waals surface area contributed by atoms with Crippen molar-refractivity contribution < 1.29 is 14.3 Å². The molecule has 3 heteroatoms. The highest BCUT2D eigenvalue weighted by Crippen LogP contribution is 2.51. The fourth-order valence-corrected chi connectivity index (χ4v) is 3.98. The van der Waals surface area contributed by atoms with Gasteiger partial charge in [0.25, 0.3) is 0 Å². The SMILES string of the molecule is CCOC(=O)C[C@@H]1OC[C@@]2(C)CCC(C)(C)c3cccc1c32. The van der Waals surface area contributed by atoms with Gasteiger partial charge in [-0.05, 0) is 41.9 Å². The molecule has 2 atom stereocenters. The first kappa shape index (κ1) is 15.5. The van der Waals surface area contributed by atoms with Crippen LogP contribution in [-0.4, -0.2) is 19.2 Å². The van der Waals surface area contributed by atoms with E-state index >= 15 is 0 Å². The monoisotopic (exact) mass is 302 g/mol. The van der Waals surface area contributed by atoms with Gasteiger partial charge in [0.2, 0.25) is 0 Å². The van der Waals surface area contributed by atoms with Crippen molar-refractivity contribution in [1.29, 1.82) is 0 Å². The third kappa shape index (κ3) is 2.45. The Morgan fingerprint density at radius 2 is 2.09 bits per heavy atom. The van der Waals surface area contributed by atoms with Gasteiger partial charge in [0.05, 0.1) is 25.7 Å². The molecule has 0 unspecified atom stereocenters. The summed E-state index contributed by atoms with van der Waals surface area (Å²) in [6, 6.07) is 6.49. The van der Waals surface area contributed by atoms with E-state index in [4.69, 9.17) is 9.47 Å². The lowest BCUT2D eigenvalue weighted by Gasteiger charge is -2.48. The molecule has 3 nitrogen and oxygen atoms in total. The first-order chi connectivity index (χ1) is 10.4. The van der Waals surface area contributed by atoms with Gasteiger partial charge in [-0.15, -0.1) is 0 Å². The second kappa shape index (κ2) is 5.38. The number of rotatable bonds is 3. The molecule has 0 fully saturated rings. The van der Waals surface area contributed by atoms with E-state index in [0.29, 0.717) is 19.6 Å². The topological polar surface area (TPSA) is 35.5 Å². The van der Waals surface area contributed by atoms with Gasteiger partial charge in [0, 0.05) is 5.41 Å². The predicted octanol–water partition coefficient (Wildman–Crippen LogP) is 4.04. The zero-order valence-electron chi connectivity index (χ0n) is 14.1. The van der Waals surface area contributed by atoms with Crippen LogP contribution in [0.3, 0.4) is 0 Å². The molecular weight excluding hydrogens is 276 g/mol. The quantitative estimate of drug-likeness (QED) is 0.791. The Hall–Kier alpha value is -1.35. The van der Waals surface area contributed by atoms with Crippen LogP contribution >= 0.6 is 0 Å². The molecule has 0 N–H and O–H groups in total. The van der Waals surface area contributed by atoms with Crippen LogP contribution in [0.2, 0.25) is 0 Å². The van der Waals surface area contributed by atoms with Gasteiger partial charge in [0.1, 0.15) is 0 Å². The van der Waals surface area contributed by atoms with Crippen molar-refractivity contribution in [3.63, 3.8) is 0 Å². The highest BCUT2D eigenvalue weighted by atomic mass is 16.5. The minimum atomic E-state index is -0.177. The molecule has 0 spiro atoms. The average molecular weight is 302 g/mol. The average Bonchev–Trinajstić information content (AvgIpc) is 2.47. The van der Waals surface area contributed by atoms with Crippen LogP contribution < -0.4 is 0 Å². The van der Waals surface area contributed by atoms with E-state index in [1.54, 1.807) is 0 Å². The molecule has 2 aliphatic rings. The fraction of sp³-hybridized carbons (Fsp3) is 0.632. The van der Waals surface area contributed by atoms with Crippen LogP contribution in [0.25, 0.3) is 0 Å². The van der Waals surface area contributed by atoms with Gasteiger partial charge in [-0.1, -0.05) is 39.0 Å². The summed E-state index contributed by atoms with van der Waals surface area (Å²) in [7, 11) is 0. The van der Waals surface area contributed by atoms with E-state index in [2.05, 4.69) is 39.0 Å². The molecule has 1 aliphatic carbocycles. The van der Waals surface area contributed by atoms with E-state index in [1.165, 1.54) is 23.1 Å². The lowest BCUT2D eigenvalue weighted by atomic mass is 9.60. The van der Waals surface area contributed by atoms with Crippen molar-refractivity contribution in [1.82, 2.24) is 0 Å². The number of benzene rings is 1. The summed E-state index contributed by atoms with van der Waals surface area (Å²) in [6.07, 6.45) is 2.44. The van der Waals surface area contributed by atoms with Crippen LogP contribution in [0, 0.1) is 0 Å². The van der Waals surface area contributed by atoms with Crippen LogP contribution in [0.1, 0.15) is 69.8 Å². The lowest BCUT2D eigenvalue weighted by Crippen LogP contribution is -2.43. The minimum Gasteiger partial charge on any atom is -0.466 e. The number of carbonyl (C=O) groups is 1. The Morgan fingerprint density at radius 1 is 1.32 bits per heavy atom. The fourth-order valence-electron chi connectivity index (χ4n) is 3.98. The molecule has 3 rings (SSSR count). The summed E-state index contributed by atoms with van der Waals surface area (Å²) in [6.45, 7) is 9.88. The molecule has 120 valence electrons. The molecular formula is C19H26O3. The maximum atomic E-state index is 11.9. The van der Waals surface area contributed by atoms with E-state index in [9.17, 15) is 4.79 Å².